The Morgan fingerprint density at radius 2 is 1.92 bits per heavy atom. The van der Waals surface area contributed by atoms with Gasteiger partial charge in [-0.15, -0.1) is 12.4 Å². The molecule has 1 heterocycles. The third-order valence-electron chi connectivity index (χ3n) is 3.14. The number of hydrogen-bond donors (Lipinski definition) is 1. The average Bonchev–Trinajstić information content (AvgIpc) is 2.50. The van der Waals surface area contributed by atoms with Crippen LogP contribution in [0.5, 0.6) is 0 Å². The van der Waals surface area contributed by atoms with Crippen LogP contribution in [0.1, 0.15) is 16.8 Å². The first-order chi connectivity index (χ1) is 11.5. The maximum atomic E-state index is 12.3. The van der Waals surface area contributed by atoms with Crippen molar-refractivity contribution in [1.29, 1.82) is 0 Å². The van der Waals surface area contributed by atoms with E-state index >= 15 is 0 Å². The molecule has 1 aromatic carbocycles. The van der Waals surface area contributed by atoms with E-state index in [2.05, 4.69) is 10.3 Å². The lowest BCUT2D eigenvalue weighted by Crippen LogP contribution is -2.16. The van der Waals surface area contributed by atoms with Crippen LogP contribution in [-0.4, -0.2) is 43.1 Å². The Balaban J connectivity index is 0.00000312. The number of hydrogen-bond acceptors (Lipinski definition) is 5. The van der Waals surface area contributed by atoms with Gasteiger partial charge in [-0.05, 0) is 50.8 Å². The first-order valence-electron chi connectivity index (χ1n) is 7.45. The molecule has 2 rings (SSSR count). The third-order valence-corrected chi connectivity index (χ3v) is 3.57. The van der Waals surface area contributed by atoms with Gasteiger partial charge in [-0.3, -0.25) is 0 Å². The molecule has 0 radical (unpaired) electrons. The summed E-state index contributed by atoms with van der Waals surface area (Å²) in [5, 5.41) is 4.04. The second-order valence-corrected chi connectivity index (χ2v) is 6.35. The molecule has 0 atom stereocenters. The molecule has 0 unspecified atom stereocenters. The number of aromatic nitrogens is 1. The zero-order valence-electron chi connectivity index (χ0n) is 14.0. The van der Waals surface area contributed by atoms with Crippen molar-refractivity contribution in [3.63, 3.8) is 0 Å². The fourth-order valence-electron chi connectivity index (χ4n) is 2.06. The molecule has 0 bridgehead atoms. The summed E-state index contributed by atoms with van der Waals surface area (Å²) in [7, 11) is 3.95. The highest BCUT2D eigenvalue weighted by molar-refractivity contribution is 6.35. The van der Waals surface area contributed by atoms with Crippen LogP contribution in [0.2, 0.25) is 10.0 Å². The molecule has 0 aliphatic heterocycles. The van der Waals surface area contributed by atoms with E-state index in [-0.39, 0.29) is 12.4 Å². The molecule has 1 aromatic heterocycles. The van der Waals surface area contributed by atoms with Crippen LogP contribution in [-0.2, 0) is 4.74 Å². The van der Waals surface area contributed by atoms with Crippen LogP contribution in [0.3, 0.4) is 0 Å². The Bertz CT molecular complexity index is 691. The molecule has 5 nitrogen and oxygen atoms in total. The van der Waals surface area contributed by atoms with Crippen molar-refractivity contribution in [1.82, 2.24) is 9.88 Å². The summed E-state index contributed by atoms with van der Waals surface area (Å²) in [5.41, 5.74) is 1.01. The molecule has 0 fully saturated rings. The summed E-state index contributed by atoms with van der Waals surface area (Å²) in [6.45, 7) is 1.21. The third kappa shape index (κ3) is 7.08. The van der Waals surface area contributed by atoms with Crippen LogP contribution in [0.15, 0.2) is 36.5 Å². The number of nitrogens with one attached hydrogen (secondary N) is 1. The van der Waals surface area contributed by atoms with Crippen LogP contribution in [0.4, 0.5) is 11.5 Å². The van der Waals surface area contributed by atoms with Gasteiger partial charge in [0.1, 0.15) is 11.4 Å². The maximum absolute atomic E-state index is 12.3. The molecular formula is C17H20Cl3N3O2. The van der Waals surface area contributed by atoms with Gasteiger partial charge in [0.05, 0.1) is 6.61 Å². The molecule has 0 saturated carbocycles. The molecule has 2 aromatic rings. The van der Waals surface area contributed by atoms with Crippen LogP contribution in [0.25, 0.3) is 0 Å². The van der Waals surface area contributed by atoms with E-state index in [0.717, 1.165) is 13.0 Å². The minimum absolute atomic E-state index is 0. The van der Waals surface area contributed by atoms with Gasteiger partial charge in [0.2, 0.25) is 0 Å². The number of nitrogens with zero attached hydrogens (tertiary/aromatic N) is 2. The van der Waals surface area contributed by atoms with Crippen molar-refractivity contribution in [3.8, 4) is 0 Å². The number of pyridine rings is 1. The molecule has 0 aliphatic carbocycles. The maximum Gasteiger partial charge on any atom is 0.341 e. The minimum atomic E-state index is -0.419. The lowest BCUT2D eigenvalue weighted by molar-refractivity contribution is 0.0494. The smallest absolute Gasteiger partial charge is 0.341 e. The lowest BCUT2D eigenvalue weighted by Gasteiger charge is -2.12. The highest BCUT2D eigenvalue weighted by Crippen LogP contribution is 2.26. The Morgan fingerprint density at radius 3 is 2.56 bits per heavy atom. The summed E-state index contributed by atoms with van der Waals surface area (Å²) in [6, 6.07) is 8.39. The zero-order valence-corrected chi connectivity index (χ0v) is 16.3. The number of halogens is 3. The molecule has 0 aliphatic rings. The van der Waals surface area contributed by atoms with Crippen LogP contribution >= 0.6 is 35.6 Å². The molecule has 0 saturated heterocycles. The van der Waals surface area contributed by atoms with Crippen LogP contribution < -0.4 is 5.32 Å². The van der Waals surface area contributed by atoms with Crippen LogP contribution in [0, 0.1) is 0 Å². The fraction of sp³-hybridized carbons (Fsp3) is 0.294. The summed E-state index contributed by atoms with van der Waals surface area (Å²) in [5.74, 6) is -0.0223. The highest BCUT2D eigenvalue weighted by Gasteiger charge is 2.14. The van der Waals surface area contributed by atoms with Crippen molar-refractivity contribution in [2.75, 3.05) is 32.6 Å². The van der Waals surface area contributed by atoms with Gasteiger partial charge in [0, 0.05) is 28.5 Å². The van der Waals surface area contributed by atoms with E-state index in [9.17, 15) is 4.79 Å². The molecular weight excluding hydrogens is 385 g/mol. The molecule has 136 valence electrons. The van der Waals surface area contributed by atoms with Gasteiger partial charge >= 0.3 is 5.97 Å². The second-order valence-electron chi connectivity index (χ2n) is 5.48. The summed E-state index contributed by atoms with van der Waals surface area (Å²) >= 11 is 12.0. The van der Waals surface area contributed by atoms with E-state index in [1.807, 2.05) is 19.0 Å². The summed E-state index contributed by atoms with van der Waals surface area (Å²) < 4.78 is 5.31. The van der Waals surface area contributed by atoms with Crippen molar-refractivity contribution in [3.05, 3.63) is 52.1 Å². The van der Waals surface area contributed by atoms with Gasteiger partial charge in [0.25, 0.3) is 0 Å². The minimum Gasteiger partial charge on any atom is -0.462 e. The molecule has 8 heteroatoms. The van der Waals surface area contributed by atoms with E-state index < -0.39 is 5.97 Å². The van der Waals surface area contributed by atoms with E-state index in [1.165, 1.54) is 0 Å². The van der Waals surface area contributed by atoms with Gasteiger partial charge in [-0.1, -0.05) is 23.2 Å². The zero-order chi connectivity index (χ0) is 17.5. The van der Waals surface area contributed by atoms with Gasteiger partial charge in [-0.2, -0.15) is 0 Å². The van der Waals surface area contributed by atoms with Crippen molar-refractivity contribution < 1.29 is 9.53 Å². The topological polar surface area (TPSA) is 54.5 Å². The Kier molecular flexibility index (Phi) is 9.00. The molecule has 1 N–H and O–H groups in total. The Labute approximate surface area is 163 Å². The van der Waals surface area contributed by atoms with E-state index in [4.69, 9.17) is 27.9 Å². The van der Waals surface area contributed by atoms with Gasteiger partial charge in [0.15, 0.2) is 0 Å². The molecule has 0 amide bonds. The quantitative estimate of drug-likeness (QED) is 0.537. The first kappa shape index (κ1) is 21.5. The number of benzene rings is 1. The number of rotatable bonds is 7. The van der Waals surface area contributed by atoms with E-state index in [0.29, 0.717) is 33.7 Å². The standard InChI is InChI=1S/C17H19Cl2N3O2.ClH/c1-22(2)7-4-8-24-17(23)15-5-3-6-20-16(15)21-14-10-12(18)9-13(19)11-14;/h3,5-6,9-11H,4,7-8H2,1-2H3,(H,20,21);1H. The Morgan fingerprint density at radius 1 is 1.24 bits per heavy atom. The largest absolute Gasteiger partial charge is 0.462 e. The average molecular weight is 405 g/mol. The van der Waals surface area contributed by atoms with Gasteiger partial charge < -0.3 is 15.0 Å². The highest BCUT2D eigenvalue weighted by atomic mass is 35.5. The summed E-state index contributed by atoms with van der Waals surface area (Å²) in [6.07, 6.45) is 2.36. The first-order valence-corrected chi connectivity index (χ1v) is 8.21. The monoisotopic (exact) mass is 403 g/mol. The van der Waals surface area contributed by atoms with Gasteiger partial charge in [-0.25, -0.2) is 9.78 Å². The fourth-order valence-corrected chi connectivity index (χ4v) is 2.58. The number of anilines is 2. The normalized spacial score (nSPS) is 10.3. The predicted molar refractivity (Wildman–Crippen MR) is 105 cm³/mol. The molecule has 25 heavy (non-hydrogen) atoms. The SMILES string of the molecule is CN(C)CCCOC(=O)c1cccnc1Nc1cc(Cl)cc(Cl)c1.Cl. The number of ether oxygens (including phenoxy) is 1. The molecule has 0 spiro atoms. The van der Waals surface area contributed by atoms with Crippen molar-refractivity contribution in [2.45, 2.75) is 6.42 Å². The van der Waals surface area contributed by atoms with Crippen molar-refractivity contribution >= 4 is 53.1 Å². The number of carbonyl (C=O) groups excluding carboxylic acids is 1. The predicted octanol–water partition coefficient (Wildman–Crippen LogP) is 4.66. The lowest BCUT2D eigenvalue weighted by atomic mass is 10.2. The van der Waals surface area contributed by atoms with Crippen molar-refractivity contribution in [2.24, 2.45) is 0 Å². The number of esters is 1. The number of carbonyl (C=O) groups is 1. The second kappa shape index (κ2) is 10.5. The summed E-state index contributed by atoms with van der Waals surface area (Å²) in [4.78, 5) is 18.5. The Hall–Kier alpha value is -1.53. The van der Waals surface area contributed by atoms with E-state index in [1.54, 1.807) is 36.5 Å².